The number of sulfonamides is 1. The molecule has 0 unspecified atom stereocenters. The Labute approximate surface area is 215 Å². The molecule has 0 atom stereocenters. The van der Waals surface area contributed by atoms with E-state index < -0.39 is 10.0 Å². The number of nitrogens with one attached hydrogen (secondary N) is 1. The molecule has 1 aliphatic rings. The number of thiazole rings is 1. The molecule has 186 valence electrons. The van der Waals surface area contributed by atoms with Crippen molar-refractivity contribution in [2.45, 2.75) is 25.7 Å². The topological polar surface area (TPSA) is 82.6 Å². The maximum atomic E-state index is 13.4. The van der Waals surface area contributed by atoms with Crippen LogP contribution in [0.25, 0.3) is 10.2 Å². The number of amides is 1. The number of carbonyl (C=O) groups excluding carboxylic acids is 1. The van der Waals surface area contributed by atoms with Gasteiger partial charge >= 0.3 is 0 Å². The maximum Gasteiger partial charge on any atom is 0.261 e. The Morgan fingerprint density at radius 3 is 2.33 bits per heavy atom. The first kappa shape index (κ1) is 24.3. The minimum absolute atomic E-state index is 0.158. The van der Waals surface area contributed by atoms with Crippen molar-refractivity contribution in [2.24, 2.45) is 0 Å². The van der Waals surface area contributed by atoms with Gasteiger partial charge in [-0.15, -0.1) is 0 Å². The molecule has 0 radical (unpaired) electrons. The van der Waals surface area contributed by atoms with Gasteiger partial charge in [-0.3, -0.25) is 9.52 Å². The average molecular weight is 521 g/mol. The van der Waals surface area contributed by atoms with Crippen molar-refractivity contribution < 1.29 is 13.2 Å². The second-order valence-corrected chi connectivity index (χ2v) is 11.8. The van der Waals surface area contributed by atoms with Crippen LogP contribution in [-0.4, -0.2) is 50.4 Å². The Kier molecular flexibility index (Phi) is 6.44. The molecule has 0 bridgehead atoms. The molecular weight excluding hydrogens is 492 g/mol. The highest BCUT2D eigenvalue weighted by molar-refractivity contribution is 7.92. The van der Waals surface area contributed by atoms with E-state index in [-0.39, 0.29) is 16.5 Å². The van der Waals surface area contributed by atoms with Crippen LogP contribution in [0.3, 0.4) is 0 Å². The van der Waals surface area contributed by atoms with Gasteiger partial charge in [-0.05, 0) is 62.2 Å². The van der Waals surface area contributed by atoms with Crippen LogP contribution in [0, 0.1) is 20.8 Å². The van der Waals surface area contributed by atoms with Gasteiger partial charge in [0.05, 0.1) is 26.4 Å². The van der Waals surface area contributed by atoms with Crippen molar-refractivity contribution >= 4 is 48.3 Å². The van der Waals surface area contributed by atoms with Gasteiger partial charge in [-0.1, -0.05) is 47.2 Å². The molecule has 1 aliphatic heterocycles. The van der Waals surface area contributed by atoms with E-state index in [2.05, 4.69) is 35.6 Å². The molecule has 0 saturated carbocycles. The number of carbonyl (C=O) groups is 1. The van der Waals surface area contributed by atoms with E-state index >= 15 is 0 Å². The summed E-state index contributed by atoms with van der Waals surface area (Å²) in [6, 6.07) is 17.6. The lowest BCUT2D eigenvalue weighted by molar-refractivity contribution is 0.0748. The minimum Gasteiger partial charge on any atom is -0.345 e. The fraction of sp³-hybridized carbons (Fsp3) is 0.259. The Hall–Kier alpha value is -3.43. The highest BCUT2D eigenvalue weighted by atomic mass is 32.2. The normalized spacial score (nSPS) is 14.3. The van der Waals surface area contributed by atoms with Crippen molar-refractivity contribution in [3.8, 4) is 0 Å². The monoisotopic (exact) mass is 520 g/mol. The molecule has 36 heavy (non-hydrogen) atoms. The van der Waals surface area contributed by atoms with Crippen LogP contribution in [0.15, 0.2) is 65.6 Å². The Bertz CT molecular complexity index is 1540. The van der Waals surface area contributed by atoms with Crippen molar-refractivity contribution in [1.82, 2.24) is 9.88 Å². The van der Waals surface area contributed by atoms with E-state index in [1.165, 1.54) is 15.8 Å². The smallest absolute Gasteiger partial charge is 0.261 e. The predicted molar refractivity (Wildman–Crippen MR) is 146 cm³/mol. The maximum absolute atomic E-state index is 13.4. The number of piperazine rings is 1. The molecule has 1 saturated heterocycles. The molecule has 1 fully saturated rings. The van der Waals surface area contributed by atoms with Gasteiger partial charge in [0.1, 0.15) is 0 Å². The minimum atomic E-state index is -3.82. The Morgan fingerprint density at radius 2 is 1.61 bits per heavy atom. The van der Waals surface area contributed by atoms with E-state index in [1.54, 1.807) is 64.8 Å². The third-order valence-corrected chi connectivity index (χ3v) is 9.11. The Balaban J connectivity index is 1.31. The van der Waals surface area contributed by atoms with Crippen molar-refractivity contribution in [3.05, 3.63) is 82.9 Å². The molecule has 3 aromatic carbocycles. The Morgan fingerprint density at radius 1 is 0.917 bits per heavy atom. The fourth-order valence-electron chi connectivity index (χ4n) is 4.30. The summed E-state index contributed by atoms with van der Waals surface area (Å²) in [6.07, 6.45) is 0. The average Bonchev–Trinajstić information content (AvgIpc) is 3.32. The van der Waals surface area contributed by atoms with Crippen LogP contribution in [0.1, 0.15) is 27.0 Å². The van der Waals surface area contributed by atoms with E-state index in [1.807, 2.05) is 6.92 Å². The second-order valence-electron chi connectivity index (χ2n) is 9.09. The molecule has 4 aromatic rings. The number of hydrogen-bond donors (Lipinski definition) is 1. The molecular formula is C27H28N4O3S2. The number of fused-ring (bicyclic) bond motifs is 1. The van der Waals surface area contributed by atoms with Gasteiger partial charge in [-0.2, -0.15) is 0 Å². The van der Waals surface area contributed by atoms with Crippen LogP contribution < -0.4 is 9.62 Å². The van der Waals surface area contributed by atoms with Crippen LogP contribution in [0.2, 0.25) is 0 Å². The second kappa shape index (κ2) is 9.55. The van der Waals surface area contributed by atoms with Crippen molar-refractivity contribution in [1.29, 1.82) is 0 Å². The molecule has 1 aromatic heterocycles. The summed E-state index contributed by atoms with van der Waals surface area (Å²) < 4.78 is 29.6. The van der Waals surface area contributed by atoms with Gasteiger partial charge in [0.25, 0.3) is 15.9 Å². The van der Waals surface area contributed by atoms with Crippen LogP contribution >= 0.6 is 11.3 Å². The molecule has 0 aliphatic carbocycles. The highest BCUT2D eigenvalue weighted by Gasteiger charge is 2.26. The summed E-state index contributed by atoms with van der Waals surface area (Å²) in [7, 11) is -3.82. The van der Waals surface area contributed by atoms with Gasteiger partial charge in [-0.25, -0.2) is 13.4 Å². The summed E-state index contributed by atoms with van der Waals surface area (Å²) >= 11 is 1.67. The van der Waals surface area contributed by atoms with Gasteiger partial charge in [0.15, 0.2) is 5.13 Å². The first-order valence-electron chi connectivity index (χ1n) is 11.8. The van der Waals surface area contributed by atoms with E-state index in [4.69, 9.17) is 4.98 Å². The largest absolute Gasteiger partial charge is 0.345 e. The number of para-hydroxylation sites is 1. The SMILES string of the molecule is Cc1ccc(S(=O)(=O)Nc2ccccc2C(=O)N2CCN(c3nc4c(C)c(C)ccc4s3)CC2)cc1. The number of benzene rings is 3. The van der Waals surface area contributed by atoms with E-state index in [9.17, 15) is 13.2 Å². The van der Waals surface area contributed by atoms with Crippen molar-refractivity contribution in [2.75, 3.05) is 35.8 Å². The summed E-state index contributed by atoms with van der Waals surface area (Å²) in [5.41, 5.74) is 5.07. The third kappa shape index (κ3) is 4.68. The lowest BCUT2D eigenvalue weighted by Crippen LogP contribution is -2.48. The summed E-state index contributed by atoms with van der Waals surface area (Å²) in [5.74, 6) is -0.187. The molecule has 1 amide bonds. The first-order chi connectivity index (χ1) is 17.2. The first-order valence-corrected chi connectivity index (χ1v) is 14.1. The number of aryl methyl sites for hydroxylation is 3. The summed E-state index contributed by atoms with van der Waals surface area (Å²) in [6.45, 7) is 8.49. The molecule has 7 nitrogen and oxygen atoms in total. The zero-order valence-corrected chi connectivity index (χ0v) is 22.1. The third-order valence-electron chi connectivity index (χ3n) is 6.64. The molecule has 1 N–H and O–H groups in total. The summed E-state index contributed by atoms with van der Waals surface area (Å²) in [5, 5.41) is 0.969. The number of aromatic nitrogens is 1. The van der Waals surface area contributed by atoms with E-state index in [0.717, 1.165) is 16.2 Å². The van der Waals surface area contributed by atoms with Gasteiger partial charge in [0.2, 0.25) is 0 Å². The van der Waals surface area contributed by atoms with E-state index in [0.29, 0.717) is 31.7 Å². The molecule has 5 rings (SSSR count). The lowest BCUT2D eigenvalue weighted by Gasteiger charge is -2.34. The standard InChI is InChI=1S/C27H28N4O3S2/c1-18-8-11-21(12-9-18)36(33,34)29-23-7-5-4-6-22(23)26(32)30-14-16-31(17-15-30)27-28-25-20(3)19(2)10-13-24(25)35-27/h4-13,29H,14-17H2,1-3H3. The molecule has 2 heterocycles. The summed E-state index contributed by atoms with van der Waals surface area (Å²) in [4.78, 5) is 22.4. The van der Waals surface area contributed by atoms with Crippen LogP contribution in [-0.2, 0) is 10.0 Å². The predicted octanol–water partition coefficient (Wildman–Crippen LogP) is 4.98. The lowest BCUT2D eigenvalue weighted by atomic mass is 10.1. The number of nitrogens with zero attached hydrogens (tertiary/aromatic N) is 3. The van der Waals surface area contributed by atoms with Gasteiger partial charge < -0.3 is 9.80 Å². The van der Waals surface area contributed by atoms with Crippen LogP contribution in [0.5, 0.6) is 0 Å². The van der Waals surface area contributed by atoms with Gasteiger partial charge in [0, 0.05) is 26.2 Å². The number of rotatable bonds is 5. The van der Waals surface area contributed by atoms with Crippen molar-refractivity contribution in [3.63, 3.8) is 0 Å². The molecule has 0 spiro atoms. The fourth-order valence-corrected chi connectivity index (χ4v) is 6.46. The highest BCUT2D eigenvalue weighted by Crippen LogP contribution is 2.32. The molecule has 9 heteroatoms. The number of hydrogen-bond acceptors (Lipinski definition) is 6. The quantitative estimate of drug-likeness (QED) is 0.401. The zero-order valence-electron chi connectivity index (χ0n) is 20.5. The number of anilines is 2. The zero-order chi connectivity index (χ0) is 25.4. The van der Waals surface area contributed by atoms with Crippen LogP contribution in [0.4, 0.5) is 10.8 Å².